The molecule has 0 spiro atoms. The van der Waals surface area contributed by atoms with Crippen LogP contribution in [-0.2, 0) is 0 Å². The van der Waals surface area contributed by atoms with Gasteiger partial charge in [0.2, 0.25) is 0 Å². The Hall–Kier alpha value is -3.03. The van der Waals surface area contributed by atoms with Gasteiger partial charge < -0.3 is 15.2 Å². The lowest BCUT2D eigenvalue weighted by Crippen LogP contribution is -2.29. The number of carbonyl (C=O) groups excluding carboxylic acids is 1. The smallest absolute Gasteiger partial charge is 0.356 e. The molecular weight excluding hydrogens is 317 g/mol. The zero-order valence-corrected chi connectivity index (χ0v) is 12.5. The molecule has 0 radical (unpaired) electrons. The van der Waals surface area contributed by atoms with Crippen LogP contribution in [0.3, 0.4) is 0 Å². The van der Waals surface area contributed by atoms with Crippen molar-refractivity contribution < 1.29 is 23.8 Å². The van der Waals surface area contributed by atoms with E-state index in [0.717, 1.165) is 12.4 Å². The average molecular weight is 331 g/mol. The summed E-state index contributed by atoms with van der Waals surface area (Å²) in [5, 5.41) is 11.6. The lowest BCUT2D eigenvalue weighted by Gasteiger charge is -2.18. The van der Waals surface area contributed by atoms with E-state index in [2.05, 4.69) is 15.3 Å². The van der Waals surface area contributed by atoms with Gasteiger partial charge >= 0.3 is 5.97 Å². The van der Waals surface area contributed by atoms with Gasteiger partial charge in [-0.05, 0) is 18.9 Å². The molecule has 1 aromatic heterocycles. The summed E-state index contributed by atoms with van der Waals surface area (Å²) in [6.07, 6.45) is 3.35. The van der Waals surface area contributed by atoms with Crippen molar-refractivity contribution in [2.45, 2.75) is 18.9 Å². The number of hydrogen-bond donors (Lipinski definition) is 2. The first-order valence-electron chi connectivity index (χ1n) is 7.33. The maximum atomic E-state index is 13.9. The second kappa shape index (κ2) is 6.61. The number of fused-ring (bicyclic) bond motifs is 1. The fourth-order valence-electron chi connectivity index (χ4n) is 2.51. The summed E-state index contributed by atoms with van der Waals surface area (Å²) < 4.78 is 19.3. The number of rotatable bonds is 3. The van der Waals surface area contributed by atoms with Crippen molar-refractivity contribution >= 4 is 11.9 Å². The van der Waals surface area contributed by atoms with Crippen LogP contribution in [0.1, 0.15) is 45.4 Å². The molecule has 0 fully saturated rings. The highest BCUT2D eigenvalue weighted by atomic mass is 19.1. The van der Waals surface area contributed by atoms with E-state index in [0.29, 0.717) is 25.0 Å². The second-order valence-corrected chi connectivity index (χ2v) is 5.27. The highest BCUT2D eigenvalue weighted by Gasteiger charge is 2.24. The number of aromatic carboxylic acids is 1. The van der Waals surface area contributed by atoms with Gasteiger partial charge in [0.05, 0.1) is 25.0 Å². The zero-order valence-electron chi connectivity index (χ0n) is 12.5. The van der Waals surface area contributed by atoms with Crippen molar-refractivity contribution in [3.8, 4) is 5.75 Å². The van der Waals surface area contributed by atoms with Gasteiger partial charge in [0.25, 0.3) is 5.91 Å². The highest BCUT2D eigenvalue weighted by Crippen LogP contribution is 2.33. The Morgan fingerprint density at radius 1 is 1.25 bits per heavy atom. The third kappa shape index (κ3) is 3.17. The highest BCUT2D eigenvalue weighted by molar-refractivity contribution is 5.93. The topological polar surface area (TPSA) is 101 Å². The molecular formula is C16H14FN3O4. The number of nitrogens with zero attached hydrogens (tertiary/aromatic N) is 2. The number of aromatic nitrogens is 2. The van der Waals surface area contributed by atoms with E-state index in [-0.39, 0.29) is 17.1 Å². The molecule has 0 saturated heterocycles. The first-order valence-corrected chi connectivity index (χ1v) is 7.33. The number of carbonyl (C=O) groups is 2. The van der Waals surface area contributed by atoms with E-state index < -0.39 is 23.7 Å². The molecule has 1 aromatic carbocycles. The van der Waals surface area contributed by atoms with Gasteiger partial charge in [-0.2, -0.15) is 0 Å². The molecule has 2 aromatic rings. The number of ether oxygens (including phenoxy) is 1. The number of halogens is 1. The predicted molar refractivity (Wildman–Crippen MR) is 80.3 cm³/mol. The summed E-state index contributed by atoms with van der Waals surface area (Å²) in [4.78, 5) is 30.5. The van der Waals surface area contributed by atoms with E-state index in [9.17, 15) is 14.0 Å². The van der Waals surface area contributed by atoms with Crippen molar-refractivity contribution in [3.05, 3.63) is 53.4 Å². The molecule has 7 nitrogen and oxygen atoms in total. The van der Waals surface area contributed by atoms with Crippen molar-refractivity contribution in [2.24, 2.45) is 0 Å². The van der Waals surface area contributed by atoms with Crippen LogP contribution in [0.5, 0.6) is 5.75 Å². The second-order valence-electron chi connectivity index (χ2n) is 5.27. The first kappa shape index (κ1) is 15.9. The van der Waals surface area contributed by atoms with Crippen LogP contribution < -0.4 is 10.1 Å². The van der Waals surface area contributed by atoms with Crippen molar-refractivity contribution in [3.63, 3.8) is 0 Å². The van der Waals surface area contributed by atoms with Crippen LogP contribution >= 0.6 is 0 Å². The van der Waals surface area contributed by atoms with Crippen LogP contribution in [-0.4, -0.2) is 33.6 Å². The van der Waals surface area contributed by atoms with Gasteiger partial charge in [-0.1, -0.05) is 12.1 Å². The first-order chi connectivity index (χ1) is 11.6. The number of carboxylic acids is 1. The van der Waals surface area contributed by atoms with Crippen molar-refractivity contribution in [1.82, 2.24) is 15.3 Å². The van der Waals surface area contributed by atoms with Gasteiger partial charge in [0, 0.05) is 5.56 Å². The molecule has 2 N–H and O–H groups in total. The zero-order chi connectivity index (χ0) is 17.1. The monoisotopic (exact) mass is 331 g/mol. The van der Waals surface area contributed by atoms with Crippen molar-refractivity contribution in [1.29, 1.82) is 0 Å². The van der Waals surface area contributed by atoms with E-state index in [4.69, 9.17) is 9.84 Å². The summed E-state index contributed by atoms with van der Waals surface area (Å²) >= 11 is 0. The van der Waals surface area contributed by atoms with Crippen molar-refractivity contribution in [2.75, 3.05) is 6.61 Å². The van der Waals surface area contributed by atoms with E-state index >= 15 is 0 Å². The summed E-state index contributed by atoms with van der Waals surface area (Å²) in [7, 11) is 0. The summed E-state index contributed by atoms with van der Waals surface area (Å²) in [5.41, 5.74) is 0.306. The van der Waals surface area contributed by atoms with Crippen LogP contribution in [0.2, 0.25) is 0 Å². The normalized spacial score (nSPS) is 16.5. The predicted octanol–water partition coefficient (Wildman–Crippen LogP) is 1.96. The standard InChI is InChI=1S/C16H14FN3O4/c17-10-4-1-3-9-11(5-2-6-24-14(9)10)20-15(21)12-7-19-13(8-18-12)16(22)23/h1,3-4,7-8,11H,2,5-6H2,(H,20,21)(H,22,23). The molecule has 1 atom stereocenters. The SMILES string of the molecule is O=C(O)c1cnc(C(=O)NC2CCCOc3c(F)cccc32)cn1. The van der Waals surface area contributed by atoms with Gasteiger partial charge in [0.15, 0.2) is 17.3 Å². The molecule has 2 heterocycles. The maximum Gasteiger partial charge on any atom is 0.356 e. The van der Waals surface area contributed by atoms with Gasteiger partial charge in [-0.3, -0.25) is 4.79 Å². The number of para-hydroxylation sites is 1. The molecule has 0 saturated carbocycles. The average Bonchev–Trinajstić information content (AvgIpc) is 2.78. The summed E-state index contributed by atoms with van der Waals surface area (Å²) in [6, 6.07) is 4.14. The quantitative estimate of drug-likeness (QED) is 0.891. The Bertz CT molecular complexity index is 779. The fourth-order valence-corrected chi connectivity index (χ4v) is 2.51. The van der Waals surface area contributed by atoms with Crippen LogP contribution in [0.4, 0.5) is 4.39 Å². The number of nitrogens with one attached hydrogen (secondary N) is 1. The molecule has 24 heavy (non-hydrogen) atoms. The van der Waals surface area contributed by atoms with E-state index in [1.165, 1.54) is 6.07 Å². The Kier molecular flexibility index (Phi) is 4.37. The molecule has 3 rings (SSSR count). The molecule has 1 amide bonds. The summed E-state index contributed by atoms with van der Waals surface area (Å²) in [6.45, 7) is 0.368. The maximum absolute atomic E-state index is 13.9. The van der Waals surface area contributed by atoms with Gasteiger partial charge in [-0.25, -0.2) is 19.2 Å². The largest absolute Gasteiger partial charge is 0.490 e. The molecule has 124 valence electrons. The number of amides is 1. The lowest BCUT2D eigenvalue weighted by atomic mass is 10.0. The lowest BCUT2D eigenvalue weighted by molar-refractivity contribution is 0.0689. The molecule has 0 bridgehead atoms. The minimum absolute atomic E-state index is 0.0110. The minimum atomic E-state index is -1.22. The third-order valence-corrected chi connectivity index (χ3v) is 3.67. The van der Waals surface area contributed by atoms with E-state index in [1.807, 2.05) is 0 Å². The Balaban J connectivity index is 1.81. The molecule has 1 aliphatic rings. The fraction of sp³-hybridized carbons (Fsp3) is 0.250. The number of carboxylic acid groups (broad SMARTS) is 1. The molecule has 8 heteroatoms. The Labute approximate surface area is 136 Å². The Morgan fingerprint density at radius 2 is 2.00 bits per heavy atom. The molecule has 0 aliphatic carbocycles. The van der Waals surface area contributed by atoms with Crippen LogP contribution in [0, 0.1) is 5.82 Å². The number of benzene rings is 1. The van der Waals surface area contributed by atoms with Crippen LogP contribution in [0.25, 0.3) is 0 Å². The Morgan fingerprint density at radius 3 is 2.71 bits per heavy atom. The van der Waals surface area contributed by atoms with Crippen LogP contribution in [0.15, 0.2) is 30.6 Å². The van der Waals surface area contributed by atoms with Gasteiger partial charge in [0.1, 0.15) is 5.69 Å². The molecule has 1 aliphatic heterocycles. The van der Waals surface area contributed by atoms with Gasteiger partial charge in [-0.15, -0.1) is 0 Å². The van der Waals surface area contributed by atoms with E-state index in [1.54, 1.807) is 12.1 Å². The summed E-state index contributed by atoms with van der Waals surface area (Å²) in [5.74, 6) is -2.06. The number of hydrogen-bond acceptors (Lipinski definition) is 5. The minimum Gasteiger partial charge on any atom is -0.490 e. The molecule has 1 unspecified atom stereocenters. The third-order valence-electron chi connectivity index (χ3n) is 3.67.